The molecule has 0 amide bonds. The highest BCUT2D eigenvalue weighted by atomic mass is 14.7. The average molecular weight is 209 g/mol. The Morgan fingerprint density at radius 1 is 1.12 bits per heavy atom. The van der Waals surface area contributed by atoms with Gasteiger partial charge in [0.05, 0.1) is 0 Å². The Hall–Kier alpha value is -1.89. The maximum Gasteiger partial charge on any atom is 0.0451 e. The molecule has 0 spiro atoms. The fourth-order valence-corrected chi connectivity index (χ4v) is 1.71. The van der Waals surface area contributed by atoms with Crippen molar-refractivity contribution < 1.29 is 0 Å². The maximum atomic E-state index is 4.27. The lowest BCUT2D eigenvalue weighted by atomic mass is 9.97. The zero-order valence-electron chi connectivity index (χ0n) is 9.38. The number of hydrogen-bond acceptors (Lipinski definition) is 1. The van der Waals surface area contributed by atoms with Crippen molar-refractivity contribution in [2.24, 2.45) is 10.9 Å². The molecule has 0 radical (unpaired) electrons. The molecule has 0 fully saturated rings. The van der Waals surface area contributed by atoms with Gasteiger partial charge in [-0.05, 0) is 11.6 Å². The van der Waals surface area contributed by atoms with Gasteiger partial charge in [0, 0.05) is 18.7 Å². The normalized spacial score (nSPS) is 22.1. The standard InChI is InChI=1S/C15H15N/c1-16-15-10-6-5-9-14(15)12-11-13-7-3-2-4-8-13/h2-12,14H,1H3. The Balaban J connectivity index is 2.13. The fraction of sp³-hybridized carbons (Fsp3) is 0.133. The topological polar surface area (TPSA) is 12.4 Å². The van der Waals surface area contributed by atoms with Crippen LogP contribution in [0.2, 0.25) is 0 Å². The summed E-state index contributed by atoms with van der Waals surface area (Å²) in [5, 5.41) is 0. The van der Waals surface area contributed by atoms with E-state index < -0.39 is 0 Å². The molecule has 0 saturated heterocycles. The van der Waals surface area contributed by atoms with Crippen molar-refractivity contribution in [1.29, 1.82) is 0 Å². The number of allylic oxidation sites excluding steroid dienone is 5. The highest BCUT2D eigenvalue weighted by Gasteiger charge is 2.07. The second kappa shape index (κ2) is 5.26. The van der Waals surface area contributed by atoms with Crippen molar-refractivity contribution in [3.8, 4) is 0 Å². The van der Waals surface area contributed by atoms with Crippen molar-refractivity contribution in [2.75, 3.05) is 7.05 Å². The van der Waals surface area contributed by atoms with E-state index in [0.29, 0.717) is 5.92 Å². The van der Waals surface area contributed by atoms with Crippen LogP contribution >= 0.6 is 0 Å². The van der Waals surface area contributed by atoms with Crippen molar-refractivity contribution in [3.63, 3.8) is 0 Å². The van der Waals surface area contributed by atoms with Crippen molar-refractivity contribution in [1.82, 2.24) is 0 Å². The summed E-state index contributed by atoms with van der Waals surface area (Å²) in [4.78, 5) is 4.27. The lowest BCUT2D eigenvalue weighted by Gasteiger charge is -2.10. The molecule has 2 rings (SSSR count). The molecule has 1 unspecified atom stereocenters. The third-order valence-electron chi connectivity index (χ3n) is 2.59. The molecular weight excluding hydrogens is 194 g/mol. The molecule has 0 N–H and O–H groups in total. The summed E-state index contributed by atoms with van der Waals surface area (Å²) in [5.41, 5.74) is 2.33. The highest BCUT2D eigenvalue weighted by molar-refractivity contribution is 6.00. The van der Waals surface area contributed by atoms with Gasteiger partial charge in [-0.15, -0.1) is 0 Å². The predicted molar refractivity (Wildman–Crippen MR) is 70.6 cm³/mol. The molecule has 0 bridgehead atoms. The Morgan fingerprint density at radius 3 is 2.69 bits per heavy atom. The van der Waals surface area contributed by atoms with Crippen LogP contribution in [0.4, 0.5) is 0 Å². The minimum absolute atomic E-state index is 0.301. The van der Waals surface area contributed by atoms with E-state index in [1.165, 1.54) is 5.56 Å². The molecule has 1 aromatic carbocycles. The zero-order valence-corrected chi connectivity index (χ0v) is 9.38. The predicted octanol–water partition coefficient (Wildman–Crippen LogP) is 3.51. The molecule has 80 valence electrons. The lowest BCUT2D eigenvalue weighted by Crippen LogP contribution is -2.08. The Kier molecular flexibility index (Phi) is 3.50. The van der Waals surface area contributed by atoms with Crippen LogP contribution < -0.4 is 0 Å². The summed E-state index contributed by atoms with van der Waals surface area (Å²) >= 11 is 0. The van der Waals surface area contributed by atoms with Gasteiger partial charge in [0.25, 0.3) is 0 Å². The number of nitrogens with zero attached hydrogens (tertiary/aromatic N) is 1. The van der Waals surface area contributed by atoms with Gasteiger partial charge >= 0.3 is 0 Å². The van der Waals surface area contributed by atoms with E-state index in [-0.39, 0.29) is 0 Å². The summed E-state index contributed by atoms with van der Waals surface area (Å²) in [6.07, 6.45) is 12.6. The van der Waals surface area contributed by atoms with Crippen LogP contribution in [-0.4, -0.2) is 12.8 Å². The van der Waals surface area contributed by atoms with Gasteiger partial charge in [0.15, 0.2) is 0 Å². The van der Waals surface area contributed by atoms with Gasteiger partial charge in [-0.3, -0.25) is 4.99 Å². The van der Waals surface area contributed by atoms with Crippen LogP contribution in [-0.2, 0) is 0 Å². The van der Waals surface area contributed by atoms with Gasteiger partial charge in [-0.1, -0.05) is 60.7 Å². The van der Waals surface area contributed by atoms with Crippen molar-refractivity contribution >= 4 is 11.8 Å². The number of benzene rings is 1. The van der Waals surface area contributed by atoms with E-state index in [4.69, 9.17) is 0 Å². The Morgan fingerprint density at radius 2 is 1.94 bits per heavy atom. The lowest BCUT2D eigenvalue weighted by molar-refractivity contribution is 1.12. The van der Waals surface area contributed by atoms with Gasteiger partial charge in [-0.25, -0.2) is 0 Å². The van der Waals surface area contributed by atoms with Gasteiger partial charge in [0.2, 0.25) is 0 Å². The van der Waals surface area contributed by atoms with Crippen LogP contribution in [0.15, 0.2) is 65.7 Å². The van der Waals surface area contributed by atoms with Gasteiger partial charge < -0.3 is 0 Å². The molecule has 16 heavy (non-hydrogen) atoms. The first kappa shape index (κ1) is 10.6. The molecule has 1 aliphatic rings. The molecule has 0 aliphatic heterocycles. The third kappa shape index (κ3) is 2.57. The maximum absolute atomic E-state index is 4.27. The third-order valence-corrected chi connectivity index (χ3v) is 2.59. The Bertz CT molecular complexity index is 450. The minimum atomic E-state index is 0.301. The fourth-order valence-electron chi connectivity index (χ4n) is 1.71. The van der Waals surface area contributed by atoms with Crippen LogP contribution in [0.1, 0.15) is 5.56 Å². The molecular formula is C15H15N. The first-order valence-corrected chi connectivity index (χ1v) is 5.45. The smallest absolute Gasteiger partial charge is 0.0451 e. The largest absolute Gasteiger partial charge is 0.292 e. The van der Waals surface area contributed by atoms with Crippen LogP contribution in [0.5, 0.6) is 0 Å². The molecule has 1 atom stereocenters. The van der Waals surface area contributed by atoms with Crippen LogP contribution in [0.3, 0.4) is 0 Å². The molecule has 1 heteroatoms. The SMILES string of the molecule is CN=C1C=CC=CC1C=Cc1ccccc1. The number of rotatable bonds is 2. The molecule has 0 aromatic heterocycles. The molecule has 1 aromatic rings. The van der Waals surface area contributed by atoms with E-state index in [0.717, 1.165) is 5.71 Å². The number of hydrogen-bond donors (Lipinski definition) is 0. The number of aliphatic imine (C=N–C) groups is 1. The molecule has 0 heterocycles. The van der Waals surface area contributed by atoms with E-state index in [9.17, 15) is 0 Å². The molecule has 0 saturated carbocycles. The summed E-state index contributed by atoms with van der Waals surface area (Å²) in [5.74, 6) is 0.301. The zero-order chi connectivity index (χ0) is 11.2. The monoisotopic (exact) mass is 209 g/mol. The first-order chi connectivity index (χ1) is 7.90. The molecule has 1 aliphatic carbocycles. The second-order valence-corrected chi connectivity index (χ2v) is 3.69. The van der Waals surface area contributed by atoms with Gasteiger partial charge in [-0.2, -0.15) is 0 Å². The van der Waals surface area contributed by atoms with E-state index in [1.54, 1.807) is 0 Å². The van der Waals surface area contributed by atoms with Gasteiger partial charge in [0.1, 0.15) is 0 Å². The summed E-state index contributed by atoms with van der Waals surface area (Å²) in [6, 6.07) is 10.3. The Labute approximate surface area is 96.5 Å². The first-order valence-electron chi connectivity index (χ1n) is 5.45. The van der Waals surface area contributed by atoms with Crippen molar-refractivity contribution in [3.05, 3.63) is 66.3 Å². The van der Waals surface area contributed by atoms with E-state index >= 15 is 0 Å². The van der Waals surface area contributed by atoms with Crippen LogP contribution in [0.25, 0.3) is 6.08 Å². The summed E-state index contributed by atoms with van der Waals surface area (Å²) in [6.45, 7) is 0. The summed E-state index contributed by atoms with van der Waals surface area (Å²) < 4.78 is 0. The molecule has 1 nitrogen and oxygen atoms in total. The summed E-state index contributed by atoms with van der Waals surface area (Å²) in [7, 11) is 1.84. The average Bonchev–Trinajstić information content (AvgIpc) is 2.38. The minimum Gasteiger partial charge on any atom is -0.292 e. The van der Waals surface area contributed by atoms with Crippen LogP contribution in [0, 0.1) is 5.92 Å². The van der Waals surface area contributed by atoms with E-state index in [2.05, 4.69) is 47.5 Å². The van der Waals surface area contributed by atoms with Crippen molar-refractivity contribution in [2.45, 2.75) is 0 Å². The van der Waals surface area contributed by atoms with E-state index in [1.807, 2.05) is 31.3 Å². The highest BCUT2D eigenvalue weighted by Crippen LogP contribution is 2.13. The quantitative estimate of drug-likeness (QED) is 0.706. The second-order valence-electron chi connectivity index (χ2n) is 3.69.